The van der Waals surface area contributed by atoms with Gasteiger partial charge in [0.25, 0.3) is 0 Å². The van der Waals surface area contributed by atoms with Crippen LogP contribution in [-0.2, 0) is 11.2 Å². The summed E-state index contributed by atoms with van der Waals surface area (Å²) in [6, 6.07) is 7.11. The minimum atomic E-state index is 0.386. The number of nitrogens with zero attached hydrogens (tertiary/aromatic N) is 1. The number of benzene rings is 1. The van der Waals surface area contributed by atoms with Crippen LogP contribution in [0.3, 0.4) is 0 Å². The zero-order chi connectivity index (χ0) is 17.2. The fourth-order valence-electron chi connectivity index (χ4n) is 6.15. The molecule has 1 N–H and O–H groups in total. The highest BCUT2D eigenvalue weighted by atomic mass is 16.5. The maximum Gasteiger partial charge on any atom is 0.119 e. The van der Waals surface area contributed by atoms with Crippen LogP contribution in [0.25, 0.3) is 10.9 Å². The molecule has 1 saturated carbocycles. The summed E-state index contributed by atoms with van der Waals surface area (Å²) in [5.41, 5.74) is 4.68. The first-order valence-corrected chi connectivity index (χ1v) is 9.57. The van der Waals surface area contributed by atoms with E-state index < -0.39 is 0 Å². The predicted molar refractivity (Wildman–Crippen MR) is 99.4 cm³/mol. The van der Waals surface area contributed by atoms with E-state index in [1.807, 2.05) is 7.11 Å². The standard InChI is InChI=1S/C21H28N2O2/c1-21(7-9-24-2)13-10-17-19-15(6-8-23(12-13)20(17)21)16-11-14(25-3)4-5-18(16)22-19/h4-5,11,13,17,20,22H,6-10,12H2,1-3H3. The Morgan fingerprint density at radius 2 is 2.20 bits per heavy atom. The van der Waals surface area contributed by atoms with Crippen molar-refractivity contribution >= 4 is 10.9 Å². The number of hydrogen-bond acceptors (Lipinski definition) is 3. The number of aromatic nitrogens is 1. The van der Waals surface area contributed by atoms with Gasteiger partial charge in [0.2, 0.25) is 0 Å². The van der Waals surface area contributed by atoms with Gasteiger partial charge in [0.15, 0.2) is 0 Å². The van der Waals surface area contributed by atoms with E-state index in [-0.39, 0.29) is 0 Å². The summed E-state index contributed by atoms with van der Waals surface area (Å²) in [5.74, 6) is 2.39. The Hall–Kier alpha value is -1.52. The summed E-state index contributed by atoms with van der Waals surface area (Å²) in [4.78, 5) is 6.57. The van der Waals surface area contributed by atoms with Crippen LogP contribution in [0.1, 0.15) is 36.9 Å². The van der Waals surface area contributed by atoms with Crippen molar-refractivity contribution in [2.24, 2.45) is 11.3 Å². The lowest BCUT2D eigenvalue weighted by atomic mass is 9.77. The Balaban J connectivity index is 1.60. The van der Waals surface area contributed by atoms with Gasteiger partial charge in [-0.15, -0.1) is 0 Å². The lowest BCUT2D eigenvalue weighted by molar-refractivity contribution is 0.109. The third-order valence-corrected chi connectivity index (χ3v) is 7.39. The number of hydrogen-bond donors (Lipinski definition) is 1. The molecule has 1 saturated heterocycles. The van der Waals surface area contributed by atoms with Crippen LogP contribution < -0.4 is 4.74 Å². The number of fused-ring (bicyclic) bond motifs is 5. The molecular formula is C21H28N2O2. The number of methoxy groups -OCH3 is 2. The molecule has 3 aliphatic rings. The van der Waals surface area contributed by atoms with E-state index >= 15 is 0 Å². The van der Waals surface area contributed by atoms with Gasteiger partial charge in [-0.3, -0.25) is 4.90 Å². The summed E-state index contributed by atoms with van der Waals surface area (Å²) in [6.07, 6.45) is 3.64. The Labute approximate surface area is 149 Å². The molecule has 1 aromatic heterocycles. The molecule has 4 nitrogen and oxygen atoms in total. The third kappa shape index (κ3) is 2.07. The van der Waals surface area contributed by atoms with Gasteiger partial charge in [0.05, 0.1) is 7.11 Å². The van der Waals surface area contributed by atoms with Gasteiger partial charge >= 0.3 is 0 Å². The molecule has 2 aromatic rings. The minimum Gasteiger partial charge on any atom is -0.497 e. The fraction of sp³-hybridized carbons (Fsp3) is 0.619. The Bertz CT molecular complexity index is 814. The average Bonchev–Trinajstić information content (AvgIpc) is 3.20. The number of H-pyrrole nitrogens is 1. The molecule has 2 fully saturated rings. The molecule has 1 aromatic carbocycles. The minimum absolute atomic E-state index is 0.386. The topological polar surface area (TPSA) is 37.5 Å². The molecule has 4 atom stereocenters. The van der Waals surface area contributed by atoms with Gasteiger partial charge in [-0.1, -0.05) is 6.92 Å². The Kier molecular flexibility index (Phi) is 3.45. The highest BCUT2D eigenvalue weighted by Crippen LogP contribution is 2.61. The number of ether oxygens (including phenoxy) is 2. The van der Waals surface area contributed by atoms with Gasteiger partial charge in [-0.25, -0.2) is 0 Å². The summed E-state index contributed by atoms with van der Waals surface area (Å²) >= 11 is 0. The maximum atomic E-state index is 5.47. The number of piperidine rings is 1. The monoisotopic (exact) mass is 340 g/mol. The lowest BCUT2D eigenvalue weighted by Crippen LogP contribution is -2.40. The summed E-state index contributed by atoms with van der Waals surface area (Å²) in [6.45, 7) is 5.84. The first-order chi connectivity index (χ1) is 12.2. The van der Waals surface area contributed by atoms with Crippen LogP contribution in [0.15, 0.2) is 18.2 Å². The van der Waals surface area contributed by atoms with E-state index in [0.717, 1.165) is 24.7 Å². The zero-order valence-corrected chi connectivity index (χ0v) is 15.5. The molecule has 2 bridgehead atoms. The fourth-order valence-corrected chi connectivity index (χ4v) is 6.15. The molecular weight excluding hydrogens is 312 g/mol. The normalized spacial score (nSPS) is 33.6. The van der Waals surface area contributed by atoms with Gasteiger partial charge in [-0.2, -0.15) is 0 Å². The molecule has 0 radical (unpaired) electrons. The second-order valence-corrected chi connectivity index (χ2v) is 8.41. The van der Waals surface area contributed by atoms with Crippen molar-refractivity contribution < 1.29 is 9.47 Å². The largest absolute Gasteiger partial charge is 0.497 e. The molecule has 4 heteroatoms. The van der Waals surface area contributed by atoms with Gasteiger partial charge < -0.3 is 14.5 Å². The van der Waals surface area contributed by atoms with Crippen LogP contribution in [0.4, 0.5) is 0 Å². The average molecular weight is 340 g/mol. The SMILES string of the molecule is COCCC1(C)C2CC3c4[nH]c5ccc(OC)cc5c4CCN(C2)C31. The molecule has 4 unspecified atom stereocenters. The van der Waals surface area contributed by atoms with E-state index in [0.29, 0.717) is 17.4 Å². The number of rotatable bonds is 4. The van der Waals surface area contributed by atoms with Crippen molar-refractivity contribution in [3.05, 3.63) is 29.5 Å². The van der Waals surface area contributed by atoms with E-state index in [9.17, 15) is 0 Å². The van der Waals surface area contributed by atoms with Crippen molar-refractivity contribution in [1.82, 2.24) is 9.88 Å². The smallest absolute Gasteiger partial charge is 0.119 e. The van der Waals surface area contributed by atoms with Gasteiger partial charge in [0, 0.05) is 55.4 Å². The molecule has 3 heterocycles. The highest BCUT2D eigenvalue weighted by Gasteiger charge is 2.60. The van der Waals surface area contributed by atoms with E-state index in [1.54, 1.807) is 7.11 Å². The molecule has 25 heavy (non-hydrogen) atoms. The van der Waals surface area contributed by atoms with Crippen molar-refractivity contribution in [3.8, 4) is 5.75 Å². The third-order valence-electron chi connectivity index (χ3n) is 7.39. The van der Waals surface area contributed by atoms with Crippen molar-refractivity contribution in [2.45, 2.75) is 38.1 Å². The van der Waals surface area contributed by atoms with Crippen LogP contribution in [-0.4, -0.2) is 49.8 Å². The zero-order valence-electron chi connectivity index (χ0n) is 15.5. The van der Waals surface area contributed by atoms with Crippen molar-refractivity contribution in [3.63, 3.8) is 0 Å². The molecule has 5 rings (SSSR count). The second kappa shape index (κ2) is 5.49. The molecule has 0 spiro atoms. The van der Waals surface area contributed by atoms with Crippen LogP contribution >= 0.6 is 0 Å². The van der Waals surface area contributed by atoms with Crippen molar-refractivity contribution in [1.29, 1.82) is 0 Å². The first-order valence-electron chi connectivity index (χ1n) is 9.57. The van der Waals surface area contributed by atoms with E-state index in [1.165, 1.54) is 48.1 Å². The summed E-state index contributed by atoms with van der Waals surface area (Å²) in [5, 5.41) is 1.36. The first kappa shape index (κ1) is 15.7. The van der Waals surface area contributed by atoms with E-state index in [2.05, 4.69) is 35.0 Å². The van der Waals surface area contributed by atoms with Gasteiger partial charge in [0.1, 0.15) is 5.75 Å². The molecule has 2 aliphatic heterocycles. The number of aromatic amines is 1. The number of nitrogens with one attached hydrogen (secondary N) is 1. The van der Waals surface area contributed by atoms with Gasteiger partial charge in [-0.05, 0) is 54.4 Å². The maximum absolute atomic E-state index is 5.47. The second-order valence-electron chi connectivity index (χ2n) is 8.41. The summed E-state index contributed by atoms with van der Waals surface area (Å²) < 4.78 is 10.9. The van der Waals surface area contributed by atoms with Crippen LogP contribution in [0.5, 0.6) is 5.75 Å². The predicted octanol–water partition coefficient (Wildman–Crippen LogP) is 3.56. The quantitative estimate of drug-likeness (QED) is 0.925. The molecule has 134 valence electrons. The van der Waals surface area contributed by atoms with Crippen LogP contribution in [0, 0.1) is 11.3 Å². The highest BCUT2D eigenvalue weighted by molar-refractivity contribution is 5.86. The van der Waals surface area contributed by atoms with E-state index in [4.69, 9.17) is 9.47 Å². The van der Waals surface area contributed by atoms with Crippen molar-refractivity contribution in [2.75, 3.05) is 33.9 Å². The van der Waals surface area contributed by atoms with Crippen LogP contribution in [0.2, 0.25) is 0 Å². The summed E-state index contributed by atoms with van der Waals surface area (Å²) in [7, 11) is 3.58. The Morgan fingerprint density at radius 3 is 3.00 bits per heavy atom. The Morgan fingerprint density at radius 1 is 1.32 bits per heavy atom. The molecule has 0 amide bonds. The lowest BCUT2D eigenvalue weighted by Gasteiger charge is -2.35. The molecule has 1 aliphatic carbocycles.